The smallest absolute Gasteiger partial charge is 0.235 e. The Morgan fingerprint density at radius 2 is 2.38 bits per heavy atom. The lowest BCUT2D eigenvalue weighted by Crippen LogP contribution is -2.47. The second kappa shape index (κ2) is 5.61. The molecule has 0 saturated heterocycles. The third-order valence-corrected chi connectivity index (χ3v) is 2.82. The Kier molecular flexibility index (Phi) is 4.70. The highest BCUT2D eigenvalue weighted by Crippen LogP contribution is 2.20. The Bertz CT molecular complexity index is 389. The van der Waals surface area contributed by atoms with Gasteiger partial charge in [-0.3, -0.25) is 4.79 Å². The Hall–Kier alpha value is -0.650. The van der Waals surface area contributed by atoms with Gasteiger partial charge >= 0.3 is 0 Å². The summed E-state index contributed by atoms with van der Waals surface area (Å²) in [7, 11) is 0. The highest BCUT2D eigenvalue weighted by Gasteiger charge is 2.29. The highest BCUT2D eigenvalue weighted by molar-refractivity contribution is 9.10. The molecule has 1 amide bonds. The van der Waals surface area contributed by atoms with Crippen LogP contribution in [0, 0.1) is 0 Å². The number of aliphatic hydroxyl groups excluding tert-OH is 1. The first-order chi connectivity index (χ1) is 7.51. The number of amides is 1. The van der Waals surface area contributed by atoms with Crippen molar-refractivity contribution >= 4 is 33.4 Å². The summed E-state index contributed by atoms with van der Waals surface area (Å²) in [6, 6.07) is 5.29. The molecule has 4 nitrogen and oxygen atoms in total. The van der Waals surface area contributed by atoms with E-state index in [4.69, 9.17) is 11.6 Å². The monoisotopic (exact) mass is 306 g/mol. The molecule has 1 atom stereocenters. The average Bonchev–Trinajstić information content (AvgIpc) is 2.28. The molecule has 0 fully saturated rings. The first kappa shape index (κ1) is 13.4. The molecule has 1 aromatic heterocycles. The summed E-state index contributed by atoms with van der Waals surface area (Å²) in [6.45, 7) is 1.44. The van der Waals surface area contributed by atoms with E-state index in [0.717, 1.165) is 0 Å². The number of hydrogen-bond acceptors (Lipinski definition) is 3. The van der Waals surface area contributed by atoms with Gasteiger partial charge in [-0.2, -0.15) is 0 Å². The van der Waals surface area contributed by atoms with Crippen LogP contribution in [0.1, 0.15) is 12.6 Å². The van der Waals surface area contributed by atoms with Crippen LogP contribution in [0.25, 0.3) is 0 Å². The van der Waals surface area contributed by atoms with E-state index in [1.165, 1.54) is 0 Å². The van der Waals surface area contributed by atoms with E-state index in [-0.39, 0.29) is 18.4 Å². The van der Waals surface area contributed by atoms with E-state index < -0.39 is 5.54 Å². The van der Waals surface area contributed by atoms with Gasteiger partial charge in [0.1, 0.15) is 16.0 Å². The van der Waals surface area contributed by atoms with Crippen LogP contribution in [0.5, 0.6) is 0 Å². The van der Waals surface area contributed by atoms with Gasteiger partial charge in [-0.05, 0) is 35.0 Å². The van der Waals surface area contributed by atoms with Crippen molar-refractivity contribution in [2.24, 2.45) is 0 Å². The lowest BCUT2D eigenvalue weighted by Gasteiger charge is -2.27. The average molecular weight is 308 g/mol. The van der Waals surface area contributed by atoms with Crippen LogP contribution in [-0.2, 0) is 10.3 Å². The topological polar surface area (TPSA) is 62.2 Å². The summed E-state index contributed by atoms with van der Waals surface area (Å²) in [6.07, 6.45) is 0. The second-order valence-electron chi connectivity index (χ2n) is 3.52. The minimum Gasteiger partial charge on any atom is -0.394 e. The van der Waals surface area contributed by atoms with E-state index in [0.29, 0.717) is 10.3 Å². The van der Waals surface area contributed by atoms with Gasteiger partial charge in [0.05, 0.1) is 12.3 Å². The second-order valence-corrected chi connectivity index (χ2v) is 4.60. The number of aliphatic hydroxyl groups is 1. The maximum Gasteiger partial charge on any atom is 0.235 e. The number of nitrogens with zero attached hydrogens (tertiary/aromatic N) is 1. The summed E-state index contributed by atoms with van der Waals surface area (Å²) < 4.78 is 0.643. The van der Waals surface area contributed by atoms with E-state index in [1.807, 2.05) is 0 Å². The molecule has 0 aliphatic heterocycles. The Morgan fingerprint density at radius 1 is 1.69 bits per heavy atom. The van der Waals surface area contributed by atoms with Crippen LogP contribution in [0.15, 0.2) is 22.8 Å². The number of aromatic nitrogens is 1. The molecule has 88 valence electrons. The third kappa shape index (κ3) is 3.17. The molecular weight excluding hydrogens is 295 g/mol. The third-order valence-electron chi connectivity index (χ3n) is 2.13. The molecule has 0 radical (unpaired) electrons. The molecule has 1 heterocycles. The Balaban J connectivity index is 2.99. The summed E-state index contributed by atoms with van der Waals surface area (Å²) in [5, 5.41) is 12.0. The molecule has 2 N–H and O–H groups in total. The summed E-state index contributed by atoms with van der Waals surface area (Å²) in [5.41, 5.74) is -0.349. The fourth-order valence-corrected chi connectivity index (χ4v) is 1.65. The maximum absolute atomic E-state index is 11.3. The lowest BCUT2D eigenvalue weighted by molar-refractivity contribution is -0.121. The molecule has 1 rings (SSSR count). The molecule has 6 heteroatoms. The number of carbonyl (C=O) groups is 1. The summed E-state index contributed by atoms with van der Waals surface area (Å²) in [5.74, 6) is -0.496. The van der Waals surface area contributed by atoms with Crippen LogP contribution in [-0.4, -0.2) is 28.5 Å². The molecule has 16 heavy (non-hydrogen) atoms. The van der Waals surface area contributed by atoms with Crippen molar-refractivity contribution in [1.29, 1.82) is 0 Å². The molecule has 1 unspecified atom stereocenters. The van der Waals surface area contributed by atoms with Crippen molar-refractivity contribution < 1.29 is 9.90 Å². The van der Waals surface area contributed by atoms with E-state index >= 15 is 0 Å². The summed E-state index contributed by atoms with van der Waals surface area (Å²) in [4.78, 5) is 15.5. The van der Waals surface area contributed by atoms with Crippen molar-refractivity contribution in [3.05, 3.63) is 28.5 Å². The van der Waals surface area contributed by atoms with Gasteiger partial charge in [0.2, 0.25) is 5.91 Å². The van der Waals surface area contributed by atoms with E-state index in [9.17, 15) is 9.90 Å². The number of carbonyl (C=O) groups excluding carboxylic acids is 1. The standard InChI is InChI=1S/C10H12BrClN2O2/c1-10(6-15,14-9(16)5-12)7-3-2-4-8(11)13-7/h2-4,15H,5-6H2,1H3,(H,14,16). The molecule has 0 bridgehead atoms. The highest BCUT2D eigenvalue weighted by atomic mass is 79.9. The van der Waals surface area contributed by atoms with Crippen LogP contribution in [0.2, 0.25) is 0 Å². The zero-order valence-corrected chi connectivity index (χ0v) is 11.0. The number of alkyl halides is 1. The van der Waals surface area contributed by atoms with Gasteiger partial charge in [0.25, 0.3) is 0 Å². The van der Waals surface area contributed by atoms with Crippen molar-refractivity contribution in [3.8, 4) is 0 Å². The van der Waals surface area contributed by atoms with E-state index in [1.54, 1.807) is 25.1 Å². The first-order valence-electron chi connectivity index (χ1n) is 4.62. The quantitative estimate of drug-likeness (QED) is 0.653. The molecule has 0 saturated carbocycles. The van der Waals surface area contributed by atoms with Gasteiger partial charge in [0, 0.05) is 0 Å². The zero-order chi connectivity index (χ0) is 12.2. The predicted molar refractivity (Wildman–Crippen MR) is 65.2 cm³/mol. The van der Waals surface area contributed by atoms with Crippen molar-refractivity contribution in [1.82, 2.24) is 10.3 Å². The van der Waals surface area contributed by atoms with Gasteiger partial charge < -0.3 is 10.4 Å². The van der Waals surface area contributed by atoms with Crippen LogP contribution < -0.4 is 5.32 Å². The van der Waals surface area contributed by atoms with Gasteiger partial charge in [-0.1, -0.05) is 6.07 Å². The number of rotatable bonds is 4. The van der Waals surface area contributed by atoms with Gasteiger partial charge in [0.15, 0.2) is 0 Å². The number of halogens is 2. The molecular formula is C10H12BrClN2O2. The molecule has 0 aliphatic rings. The SMILES string of the molecule is CC(CO)(NC(=O)CCl)c1cccc(Br)n1. The summed E-state index contributed by atoms with van der Waals surface area (Å²) >= 11 is 8.65. The fourth-order valence-electron chi connectivity index (χ4n) is 1.24. The molecule has 0 spiro atoms. The normalized spacial score (nSPS) is 14.2. The van der Waals surface area contributed by atoms with Crippen LogP contribution in [0.4, 0.5) is 0 Å². The molecule has 1 aromatic rings. The molecule has 0 aliphatic carbocycles. The van der Waals surface area contributed by atoms with Gasteiger partial charge in [-0.15, -0.1) is 11.6 Å². The van der Waals surface area contributed by atoms with Crippen molar-refractivity contribution in [2.75, 3.05) is 12.5 Å². The number of hydrogen-bond donors (Lipinski definition) is 2. The van der Waals surface area contributed by atoms with Crippen molar-refractivity contribution in [2.45, 2.75) is 12.5 Å². The predicted octanol–water partition coefficient (Wildman–Crippen LogP) is 1.41. The Labute approximate surface area is 107 Å². The lowest BCUT2D eigenvalue weighted by atomic mass is 9.98. The fraction of sp³-hybridized carbons (Fsp3) is 0.400. The minimum absolute atomic E-state index is 0.149. The largest absolute Gasteiger partial charge is 0.394 e. The number of pyridine rings is 1. The van der Waals surface area contributed by atoms with Crippen LogP contribution >= 0.6 is 27.5 Å². The van der Waals surface area contributed by atoms with Gasteiger partial charge in [-0.25, -0.2) is 4.98 Å². The number of nitrogens with one attached hydrogen (secondary N) is 1. The molecule has 0 aromatic carbocycles. The first-order valence-corrected chi connectivity index (χ1v) is 5.95. The van der Waals surface area contributed by atoms with E-state index in [2.05, 4.69) is 26.2 Å². The van der Waals surface area contributed by atoms with Crippen LogP contribution in [0.3, 0.4) is 0 Å². The minimum atomic E-state index is -0.921. The zero-order valence-electron chi connectivity index (χ0n) is 8.70. The Morgan fingerprint density at radius 3 is 2.88 bits per heavy atom. The van der Waals surface area contributed by atoms with Crippen molar-refractivity contribution in [3.63, 3.8) is 0 Å². The maximum atomic E-state index is 11.3.